The number of ether oxygens (including phenoxy) is 1. The third-order valence-electron chi connectivity index (χ3n) is 3.32. The number of benzene rings is 2. The van der Waals surface area contributed by atoms with Crippen molar-refractivity contribution in [1.29, 1.82) is 5.26 Å². The molecular formula is C20H17NO2. The van der Waals surface area contributed by atoms with Crippen LogP contribution >= 0.6 is 0 Å². The number of carbonyl (C=O) groups is 1. The molecule has 0 spiro atoms. The topological polar surface area (TPSA) is 50.1 Å². The number of allylic oxidation sites excluding steroid dienone is 3. The molecule has 3 heteroatoms. The van der Waals surface area contributed by atoms with Crippen molar-refractivity contribution in [3.8, 4) is 11.8 Å². The Kier molecular flexibility index (Phi) is 5.49. The molecule has 0 unspecified atom stereocenters. The first-order valence-corrected chi connectivity index (χ1v) is 7.18. The number of nitrogens with zero attached hydrogens (tertiary/aromatic N) is 1. The van der Waals surface area contributed by atoms with Crippen LogP contribution in [0.5, 0.6) is 5.75 Å². The summed E-state index contributed by atoms with van der Waals surface area (Å²) in [7, 11) is 1.60. The standard InChI is InChI=1S/C20H17NO2/c1-15-7-5-10-17(13-15)20(22)18(14-21)11-6-9-16-8-3-4-12-19(16)23-2/h3-13H,1-2H3/b9-6+,18-11+. The highest BCUT2D eigenvalue weighted by atomic mass is 16.5. The van der Waals surface area contributed by atoms with Crippen LogP contribution in [-0.4, -0.2) is 12.9 Å². The number of Topliss-reactive ketones (excluding diaryl/α,β-unsaturated/α-hetero) is 1. The van der Waals surface area contributed by atoms with Crippen molar-refractivity contribution in [2.24, 2.45) is 0 Å². The molecule has 2 aromatic carbocycles. The first-order chi connectivity index (χ1) is 11.2. The Morgan fingerprint density at radius 2 is 1.96 bits per heavy atom. The largest absolute Gasteiger partial charge is 0.496 e. The normalized spacial score (nSPS) is 11.3. The number of nitriles is 1. The first-order valence-electron chi connectivity index (χ1n) is 7.18. The zero-order valence-corrected chi connectivity index (χ0v) is 13.1. The van der Waals surface area contributed by atoms with Crippen LogP contribution in [0.4, 0.5) is 0 Å². The lowest BCUT2D eigenvalue weighted by atomic mass is 10.0. The van der Waals surface area contributed by atoms with Gasteiger partial charge in [0.15, 0.2) is 0 Å². The highest BCUT2D eigenvalue weighted by Crippen LogP contribution is 2.19. The third kappa shape index (κ3) is 4.18. The molecule has 0 saturated heterocycles. The summed E-state index contributed by atoms with van der Waals surface area (Å²) in [5.41, 5.74) is 2.48. The number of carbonyl (C=O) groups excluding carboxylic acids is 1. The second kappa shape index (κ2) is 7.77. The average molecular weight is 303 g/mol. The van der Waals surface area contributed by atoms with Gasteiger partial charge in [-0.05, 0) is 25.1 Å². The van der Waals surface area contributed by atoms with Crippen molar-refractivity contribution in [2.75, 3.05) is 7.11 Å². The monoisotopic (exact) mass is 303 g/mol. The van der Waals surface area contributed by atoms with E-state index in [0.717, 1.165) is 16.9 Å². The van der Waals surface area contributed by atoms with E-state index in [0.29, 0.717) is 5.56 Å². The lowest BCUT2D eigenvalue weighted by molar-refractivity contribution is 0.103. The summed E-state index contributed by atoms with van der Waals surface area (Å²) in [4.78, 5) is 12.3. The average Bonchev–Trinajstić information content (AvgIpc) is 2.58. The molecule has 2 rings (SSSR count). The maximum Gasteiger partial charge on any atom is 0.203 e. The minimum Gasteiger partial charge on any atom is -0.496 e. The predicted molar refractivity (Wildman–Crippen MR) is 91.2 cm³/mol. The Morgan fingerprint density at radius 3 is 2.65 bits per heavy atom. The number of hydrogen-bond acceptors (Lipinski definition) is 3. The zero-order valence-electron chi connectivity index (χ0n) is 13.1. The van der Waals surface area contributed by atoms with Gasteiger partial charge in [0.05, 0.1) is 12.7 Å². The minimum atomic E-state index is -0.277. The van der Waals surface area contributed by atoms with Crippen LogP contribution in [0.25, 0.3) is 6.08 Å². The van der Waals surface area contributed by atoms with Crippen molar-refractivity contribution >= 4 is 11.9 Å². The molecule has 0 N–H and O–H groups in total. The molecule has 0 aliphatic carbocycles. The third-order valence-corrected chi connectivity index (χ3v) is 3.32. The smallest absolute Gasteiger partial charge is 0.203 e. The van der Waals surface area contributed by atoms with Crippen LogP contribution in [0, 0.1) is 18.3 Å². The van der Waals surface area contributed by atoms with Crippen molar-refractivity contribution in [3.63, 3.8) is 0 Å². The molecule has 2 aromatic rings. The fourth-order valence-electron chi connectivity index (χ4n) is 2.16. The van der Waals surface area contributed by atoms with Crippen LogP contribution < -0.4 is 4.74 Å². The summed E-state index contributed by atoms with van der Waals surface area (Å²) >= 11 is 0. The van der Waals surface area contributed by atoms with Gasteiger partial charge in [0.2, 0.25) is 5.78 Å². The van der Waals surface area contributed by atoms with Crippen molar-refractivity contribution in [3.05, 3.63) is 82.9 Å². The van der Waals surface area contributed by atoms with Gasteiger partial charge in [-0.1, -0.05) is 54.1 Å². The summed E-state index contributed by atoms with van der Waals surface area (Å²) in [5.74, 6) is 0.460. The SMILES string of the molecule is COc1ccccc1/C=C/C=C(\C#N)C(=O)c1cccc(C)c1. The van der Waals surface area contributed by atoms with Gasteiger partial charge in [0.25, 0.3) is 0 Å². The maximum absolute atomic E-state index is 12.3. The van der Waals surface area contributed by atoms with Crippen LogP contribution in [0.3, 0.4) is 0 Å². The minimum absolute atomic E-state index is 0.0988. The van der Waals surface area contributed by atoms with Gasteiger partial charge in [-0.25, -0.2) is 0 Å². The molecule has 23 heavy (non-hydrogen) atoms. The Morgan fingerprint density at radius 1 is 1.17 bits per heavy atom. The Labute approximate surface area is 136 Å². The zero-order chi connectivity index (χ0) is 16.7. The van der Waals surface area contributed by atoms with E-state index < -0.39 is 0 Å². The van der Waals surface area contributed by atoms with E-state index >= 15 is 0 Å². The van der Waals surface area contributed by atoms with Gasteiger partial charge in [-0.2, -0.15) is 5.26 Å². The van der Waals surface area contributed by atoms with E-state index in [1.165, 1.54) is 6.08 Å². The van der Waals surface area contributed by atoms with E-state index in [4.69, 9.17) is 4.74 Å². The van der Waals surface area contributed by atoms with Gasteiger partial charge in [-0.15, -0.1) is 0 Å². The lowest BCUT2D eigenvalue weighted by Gasteiger charge is -2.03. The molecule has 0 aromatic heterocycles. The molecule has 0 aliphatic rings. The Hall–Kier alpha value is -3.12. The quantitative estimate of drug-likeness (QED) is 0.357. The summed E-state index contributed by atoms with van der Waals surface area (Å²) in [6, 6.07) is 16.7. The number of methoxy groups -OCH3 is 1. The molecule has 0 heterocycles. The maximum atomic E-state index is 12.3. The van der Waals surface area contributed by atoms with Crippen molar-refractivity contribution in [2.45, 2.75) is 6.92 Å². The van der Waals surface area contributed by atoms with E-state index in [1.807, 2.05) is 49.4 Å². The number of rotatable bonds is 5. The van der Waals surface area contributed by atoms with Crippen molar-refractivity contribution < 1.29 is 9.53 Å². The summed E-state index contributed by atoms with van der Waals surface area (Å²) in [6.45, 7) is 1.91. The second-order valence-electron chi connectivity index (χ2n) is 4.99. The predicted octanol–water partition coefficient (Wildman–Crippen LogP) is 4.35. The fourth-order valence-corrected chi connectivity index (χ4v) is 2.16. The van der Waals surface area contributed by atoms with E-state index in [1.54, 1.807) is 31.4 Å². The molecule has 0 radical (unpaired) electrons. The van der Waals surface area contributed by atoms with E-state index in [9.17, 15) is 10.1 Å². The van der Waals surface area contributed by atoms with E-state index in [2.05, 4.69) is 0 Å². The molecule has 0 aliphatic heterocycles. The highest BCUT2D eigenvalue weighted by Gasteiger charge is 2.10. The molecule has 0 fully saturated rings. The number of aryl methyl sites for hydroxylation is 1. The second-order valence-corrected chi connectivity index (χ2v) is 4.99. The molecule has 3 nitrogen and oxygen atoms in total. The Bertz CT molecular complexity index is 810. The summed E-state index contributed by atoms with van der Waals surface area (Å²) in [6.07, 6.45) is 5.01. The summed E-state index contributed by atoms with van der Waals surface area (Å²) < 4.78 is 5.26. The van der Waals surface area contributed by atoms with Crippen LogP contribution in [-0.2, 0) is 0 Å². The molecule has 114 valence electrons. The lowest BCUT2D eigenvalue weighted by Crippen LogP contribution is -2.01. The van der Waals surface area contributed by atoms with Gasteiger partial charge >= 0.3 is 0 Å². The highest BCUT2D eigenvalue weighted by molar-refractivity contribution is 6.11. The number of hydrogen-bond donors (Lipinski definition) is 0. The molecule has 0 atom stereocenters. The fraction of sp³-hybridized carbons (Fsp3) is 0.100. The van der Waals surface area contributed by atoms with Gasteiger partial charge in [0.1, 0.15) is 11.8 Å². The molecular weight excluding hydrogens is 286 g/mol. The molecule has 0 amide bonds. The first kappa shape index (κ1) is 16.3. The van der Waals surface area contributed by atoms with Crippen LogP contribution in [0.15, 0.2) is 66.3 Å². The van der Waals surface area contributed by atoms with Crippen LogP contribution in [0.1, 0.15) is 21.5 Å². The molecule has 0 saturated carbocycles. The van der Waals surface area contributed by atoms with Gasteiger partial charge in [0, 0.05) is 11.1 Å². The molecule has 0 bridgehead atoms. The van der Waals surface area contributed by atoms with Crippen molar-refractivity contribution in [1.82, 2.24) is 0 Å². The van der Waals surface area contributed by atoms with E-state index in [-0.39, 0.29) is 11.4 Å². The number of para-hydroxylation sites is 1. The number of ketones is 1. The Balaban J connectivity index is 2.24. The summed E-state index contributed by atoms with van der Waals surface area (Å²) in [5, 5.41) is 9.23. The van der Waals surface area contributed by atoms with Crippen LogP contribution in [0.2, 0.25) is 0 Å². The van der Waals surface area contributed by atoms with Gasteiger partial charge < -0.3 is 4.74 Å². The van der Waals surface area contributed by atoms with Gasteiger partial charge in [-0.3, -0.25) is 4.79 Å².